The Hall–Kier alpha value is -3.99. The van der Waals surface area contributed by atoms with Crippen molar-refractivity contribution in [1.82, 2.24) is 5.32 Å². The molecule has 1 amide bonds. The van der Waals surface area contributed by atoms with Crippen LogP contribution in [0.4, 0.5) is 0 Å². The standard InChI is InChI=1S/C12H18O2.C11H22O2.C10H14O.2C9H20O.C8H18O2.C8H18O.C7H15NO.C7H16O2.C6H12O2.C6H14O2.C5H12O.C5H12.26CH4/c1-3-11(2)13-9-10-14-12-7-5-4-6-8-12;1-5-7-8-9-13-10(12)11(3,4)6-2;1-3-9(2)11-10-7-5-4-6-8-10;1-6-9(4,5)10-7-8(2)3;1-4-6-7-8-10-9(3)5-2;1-4-8(3)10-7-6-9-5-2;1-5-8(4)9-6-7(2)3;1-4-6(3)7(9)8-5-2;1-4-7(2)9-6-5-8-3;1-4-5(2)8-6(3)7;1-3-6(2)8-5-4-7;1-4-5(2)6-3;1-4-5(2)3;;;;;;;;;;;;;;;;;;;;;;;;;;/h4-8,11H,3,9-10H2,1-2H3;5-9H2,1-4H3;4-9H,3H2,1-2H3;8H,6-7H2,1-5H3;9H,4-8H2,1-3H3;8H,4-7H2,1-3H3;7-8H,5-6H2,1-4H3;6H,4-5H2,1-3H3,(H,8,9);7H,4-6H2,1-3H3;5H,4H2,1-3H3;6-7H,3-5H2,1-2H3;5H,4H2,1-3H3;5H,4H2,1-3H3;26*1H4. The topological polar surface area (TPSA) is 213 Å². The van der Waals surface area contributed by atoms with E-state index in [1.807, 2.05) is 130 Å². The Morgan fingerprint density at radius 1 is 0.331 bits per heavy atom. The fourth-order valence-corrected chi connectivity index (χ4v) is 6.90. The molecule has 0 spiro atoms. The maximum atomic E-state index is 11.4. The van der Waals surface area contributed by atoms with Crippen LogP contribution >= 0.6 is 0 Å². The second-order valence-electron chi connectivity index (χ2n) is 33.0. The van der Waals surface area contributed by atoms with Gasteiger partial charge in [0.15, 0.2) is 0 Å². The molecule has 0 aromatic heterocycles. The van der Waals surface area contributed by atoms with E-state index in [0.29, 0.717) is 100 Å². The smallest absolute Gasteiger partial charge is 0.311 e. The number of amides is 1. The van der Waals surface area contributed by atoms with Gasteiger partial charge in [-0.2, -0.15) is 0 Å². The lowest BCUT2D eigenvalue weighted by molar-refractivity contribution is -0.154. The summed E-state index contributed by atoms with van der Waals surface area (Å²) in [5.41, 5.74) is -0.240. The Bertz CT molecular complexity index is 2230. The number of aliphatic hydroxyl groups is 1. The number of para-hydroxylation sites is 2. The number of esters is 2. The van der Waals surface area contributed by atoms with Crippen molar-refractivity contribution < 1.29 is 85.8 Å². The molecule has 2 rings (SSSR count). The van der Waals surface area contributed by atoms with Crippen molar-refractivity contribution in [2.75, 3.05) is 107 Å². The molecule has 19 nitrogen and oxygen atoms in total. The first-order chi connectivity index (χ1) is 57.5. The van der Waals surface area contributed by atoms with E-state index in [-0.39, 0.29) is 241 Å². The van der Waals surface area contributed by atoms with Gasteiger partial charge in [-0.25, -0.2) is 0 Å². The fourth-order valence-electron chi connectivity index (χ4n) is 6.90. The van der Waals surface area contributed by atoms with Crippen LogP contribution in [-0.4, -0.2) is 190 Å². The summed E-state index contributed by atoms with van der Waals surface area (Å²) < 4.78 is 73.6. The van der Waals surface area contributed by atoms with E-state index >= 15 is 0 Å². The number of aliphatic hydroxyl groups excluding tert-OH is 1. The Kier molecular flexibility index (Phi) is 348. The minimum Gasteiger partial charge on any atom is -0.491 e. The Morgan fingerprint density at radius 3 is 0.912 bits per heavy atom. The summed E-state index contributed by atoms with van der Waals surface area (Å²) >= 11 is 0. The van der Waals surface area contributed by atoms with Gasteiger partial charge in [-0.05, 0) is 236 Å². The Labute approximate surface area is 950 Å². The highest BCUT2D eigenvalue weighted by Crippen LogP contribution is 2.22. The monoisotopic (exact) mass is 2170 g/mol. The largest absolute Gasteiger partial charge is 0.491 e. The third-order valence-electron chi connectivity index (χ3n) is 18.7. The number of hydrogen-bond acceptors (Lipinski definition) is 18. The zero-order valence-electron chi connectivity index (χ0n) is 88.0. The van der Waals surface area contributed by atoms with E-state index in [0.717, 1.165) is 160 Å². The van der Waals surface area contributed by atoms with Crippen molar-refractivity contribution in [3.05, 3.63) is 60.7 Å². The van der Waals surface area contributed by atoms with Crippen molar-refractivity contribution in [3.8, 4) is 11.5 Å². The van der Waals surface area contributed by atoms with Gasteiger partial charge in [-0.15, -0.1) is 0 Å². The van der Waals surface area contributed by atoms with Crippen LogP contribution in [-0.2, 0) is 71.2 Å². The van der Waals surface area contributed by atoms with Crippen LogP contribution in [0.3, 0.4) is 0 Å². The molecule has 2 aromatic rings. The first kappa shape index (κ1) is 257. The van der Waals surface area contributed by atoms with Gasteiger partial charge in [-0.3, -0.25) is 14.4 Å². The summed E-state index contributed by atoms with van der Waals surface area (Å²) in [6, 6.07) is 19.7. The molecule has 0 aliphatic carbocycles. The second kappa shape index (κ2) is 200. The van der Waals surface area contributed by atoms with Crippen LogP contribution in [0.2, 0.25) is 0 Å². The molecule has 0 aliphatic heterocycles. The molecular weight excluding hydrogens is 1850 g/mol. The van der Waals surface area contributed by atoms with Gasteiger partial charge in [0.05, 0.1) is 119 Å². The van der Waals surface area contributed by atoms with E-state index in [1.54, 1.807) is 14.2 Å². The lowest BCUT2D eigenvalue weighted by Crippen LogP contribution is -2.28. The minimum atomic E-state index is -0.313. The van der Waals surface area contributed by atoms with Gasteiger partial charge >= 0.3 is 11.9 Å². The Morgan fingerprint density at radius 2 is 0.649 bits per heavy atom. The van der Waals surface area contributed by atoms with E-state index in [4.69, 9.17) is 71.4 Å². The number of carbonyl (C=O) groups excluding carboxylic acids is 3. The highest BCUT2D eigenvalue weighted by molar-refractivity contribution is 5.78. The van der Waals surface area contributed by atoms with E-state index in [1.165, 1.54) is 32.6 Å². The van der Waals surface area contributed by atoms with Gasteiger partial charge in [-0.1, -0.05) is 414 Å². The predicted octanol–water partition coefficient (Wildman–Crippen LogP) is 43.8. The van der Waals surface area contributed by atoms with Gasteiger partial charge in [0, 0.05) is 60.0 Å². The van der Waals surface area contributed by atoms with E-state index in [9.17, 15) is 14.4 Å². The summed E-state index contributed by atoms with van der Waals surface area (Å²) in [5.74, 6) is 4.14. The number of hydrogen-bond donors (Lipinski definition) is 2. The second-order valence-corrected chi connectivity index (χ2v) is 33.0. The average Bonchev–Trinajstić information content (AvgIpc) is 0.896. The first-order valence-corrected chi connectivity index (χ1v) is 48.1. The molecule has 148 heavy (non-hydrogen) atoms. The summed E-state index contributed by atoms with van der Waals surface area (Å²) in [7, 11) is 3.41. The fraction of sp³-hybridized carbons (Fsp3) is 0.884. The quantitative estimate of drug-likeness (QED) is 0.0465. The molecule has 0 heterocycles. The van der Waals surface area contributed by atoms with Gasteiger partial charge in [0.25, 0.3) is 0 Å². The van der Waals surface area contributed by atoms with Crippen LogP contribution in [0.5, 0.6) is 11.5 Å². The molecule has 19 heteroatoms. The van der Waals surface area contributed by atoms with Crippen LogP contribution < -0.4 is 14.8 Å². The van der Waals surface area contributed by atoms with E-state index < -0.39 is 0 Å². The predicted molar refractivity (Wildman–Crippen MR) is 699 cm³/mol. The first-order valence-electron chi connectivity index (χ1n) is 48.1. The number of ether oxygens (including phenoxy) is 14. The van der Waals surface area contributed by atoms with Crippen molar-refractivity contribution >= 4 is 17.8 Å². The molecule has 10 atom stereocenters. The molecular formula is C129H315NO18. The maximum absolute atomic E-state index is 11.4. The zero-order chi connectivity index (χ0) is 96.4. The number of unbranched alkanes of at least 4 members (excludes halogenated alkanes) is 4. The SMILES string of the molecule is C.C.C.C.C.C.C.C.C.C.C.C.C.C.C.C.C.C.C.C.C.C.C.C.C.C.CCC(C)(C)OCC(C)C.CCC(C)C.CCC(C)OC.CCC(C)OC(C)=O.CCC(C)OCC(C)C.CCC(C)OCCO.CCC(C)OCCOC.CCC(C)OCCOc1ccccc1.CCC(C)Oc1ccccc1.CCCCCOC(=O)C(C)(C)CC.CCCCCOC(C)CC.CCNC(=O)C(C)CC.CCOCCOC(C)CC. The number of carbonyl (C=O) groups is 3. The highest BCUT2D eigenvalue weighted by Gasteiger charge is 2.26. The summed E-state index contributed by atoms with van der Waals surface area (Å²) in [6.45, 7) is 88.2. The maximum Gasteiger partial charge on any atom is 0.311 e. The molecule has 0 fully saturated rings. The molecule has 10 unspecified atom stereocenters. The highest BCUT2D eigenvalue weighted by atomic mass is 16.6. The van der Waals surface area contributed by atoms with Crippen molar-refractivity contribution in [3.63, 3.8) is 0 Å². The summed E-state index contributed by atoms with van der Waals surface area (Å²) in [5, 5.41) is 11.0. The van der Waals surface area contributed by atoms with Gasteiger partial charge in [0.1, 0.15) is 18.1 Å². The minimum absolute atomic E-state index is 0. The molecule has 2 N–H and O–H groups in total. The third kappa shape index (κ3) is 242. The summed E-state index contributed by atoms with van der Waals surface area (Å²) in [6.07, 6.45) is 23.8. The zero-order valence-corrected chi connectivity index (χ0v) is 88.0. The van der Waals surface area contributed by atoms with Crippen LogP contribution in [0.25, 0.3) is 0 Å². The molecule has 0 bridgehead atoms. The normalized spacial score (nSPS) is 10.6. The van der Waals surface area contributed by atoms with Crippen molar-refractivity contribution in [1.29, 1.82) is 0 Å². The molecule has 2 aromatic carbocycles. The van der Waals surface area contributed by atoms with Crippen molar-refractivity contribution in [2.45, 2.75) is 639 Å². The average molecular weight is 2170 g/mol. The van der Waals surface area contributed by atoms with Crippen LogP contribution in [0.1, 0.15) is 578 Å². The number of benzene rings is 2. The molecule has 0 saturated heterocycles. The number of nitrogens with one attached hydrogen (secondary N) is 1. The molecule has 944 valence electrons. The lowest BCUT2D eigenvalue weighted by atomic mass is 9.91. The molecule has 0 aliphatic rings. The summed E-state index contributed by atoms with van der Waals surface area (Å²) in [4.78, 5) is 32.5. The van der Waals surface area contributed by atoms with Crippen LogP contribution in [0.15, 0.2) is 60.7 Å². The Balaban J connectivity index is -0.0000000255. The molecule has 0 radical (unpaired) electrons. The van der Waals surface area contributed by atoms with Crippen LogP contribution in [0, 0.1) is 29.1 Å². The van der Waals surface area contributed by atoms with E-state index in [2.05, 4.69) is 192 Å². The lowest BCUT2D eigenvalue weighted by Gasteiger charge is -2.24. The third-order valence-corrected chi connectivity index (χ3v) is 18.7. The van der Waals surface area contributed by atoms with Gasteiger partial charge < -0.3 is 76.7 Å². The van der Waals surface area contributed by atoms with Gasteiger partial charge in [0.2, 0.25) is 5.91 Å². The number of methoxy groups -OCH3 is 2. The number of rotatable bonds is 52. The van der Waals surface area contributed by atoms with Crippen molar-refractivity contribution in [2.24, 2.45) is 29.1 Å². The molecule has 0 saturated carbocycles.